The molecular formula is C11H13NO2. The zero-order valence-corrected chi connectivity index (χ0v) is 8.28. The van der Waals surface area contributed by atoms with E-state index in [0.29, 0.717) is 0 Å². The fourth-order valence-corrected chi connectivity index (χ4v) is 1.60. The van der Waals surface area contributed by atoms with Crippen LogP contribution in [0, 0.1) is 0 Å². The summed E-state index contributed by atoms with van der Waals surface area (Å²) < 4.78 is 10.7. The number of benzene rings is 1. The summed E-state index contributed by atoms with van der Waals surface area (Å²) in [4.78, 5) is 0. The topological polar surface area (TPSA) is 34.4 Å². The van der Waals surface area contributed by atoms with Gasteiger partial charge in [-0.3, -0.25) is 5.32 Å². The van der Waals surface area contributed by atoms with E-state index in [1.54, 1.807) is 13.4 Å². The Morgan fingerprint density at radius 2 is 2.14 bits per heavy atom. The third kappa shape index (κ3) is 1.41. The van der Waals surface area contributed by atoms with Gasteiger partial charge in [0, 0.05) is 18.1 Å². The van der Waals surface area contributed by atoms with Gasteiger partial charge in [0.1, 0.15) is 11.8 Å². The zero-order chi connectivity index (χ0) is 9.97. The number of methoxy groups -OCH3 is 1. The van der Waals surface area contributed by atoms with Crippen LogP contribution in [0.25, 0.3) is 11.0 Å². The molecule has 0 aliphatic heterocycles. The van der Waals surface area contributed by atoms with E-state index in [4.69, 9.17) is 9.15 Å². The molecule has 0 saturated heterocycles. The van der Waals surface area contributed by atoms with Crippen molar-refractivity contribution in [2.45, 2.75) is 6.23 Å². The Bertz CT molecular complexity index is 418. The lowest BCUT2D eigenvalue weighted by atomic mass is 10.1. The SMILES string of the molecule is CNC(OC)c1coc2ccccc12. The Labute approximate surface area is 82.7 Å². The van der Waals surface area contributed by atoms with Crippen LogP contribution in [0.15, 0.2) is 34.9 Å². The van der Waals surface area contributed by atoms with Gasteiger partial charge in [-0.15, -0.1) is 0 Å². The van der Waals surface area contributed by atoms with Crippen molar-refractivity contribution in [1.29, 1.82) is 0 Å². The van der Waals surface area contributed by atoms with E-state index in [1.165, 1.54) is 0 Å². The Kier molecular flexibility index (Phi) is 2.52. The van der Waals surface area contributed by atoms with Crippen molar-refractivity contribution in [1.82, 2.24) is 5.32 Å². The zero-order valence-electron chi connectivity index (χ0n) is 8.28. The minimum absolute atomic E-state index is 0.112. The highest BCUT2D eigenvalue weighted by Gasteiger charge is 2.13. The number of fused-ring (bicyclic) bond motifs is 1. The molecule has 1 aromatic carbocycles. The number of hydrogen-bond donors (Lipinski definition) is 1. The predicted molar refractivity (Wildman–Crippen MR) is 55.0 cm³/mol. The molecule has 3 nitrogen and oxygen atoms in total. The number of ether oxygens (including phenoxy) is 1. The van der Waals surface area contributed by atoms with Crippen molar-refractivity contribution in [3.8, 4) is 0 Å². The maximum atomic E-state index is 5.41. The summed E-state index contributed by atoms with van der Waals surface area (Å²) in [5.41, 5.74) is 1.92. The number of nitrogens with one attached hydrogen (secondary N) is 1. The van der Waals surface area contributed by atoms with Crippen LogP contribution in [0.3, 0.4) is 0 Å². The summed E-state index contributed by atoms with van der Waals surface area (Å²) in [5.74, 6) is 0. The molecule has 0 aliphatic carbocycles. The number of rotatable bonds is 3. The van der Waals surface area contributed by atoms with Crippen molar-refractivity contribution in [2.75, 3.05) is 14.2 Å². The lowest BCUT2D eigenvalue weighted by molar-refractivity contribution is 0.0814. The average molecular weight is 191 g/mol. The van der Waals surface area contributed by atoms with Gasteiger partial charge in [-0.1, -0.05) is 18.2 Å². The first-order valence-electron chi connectivity index (χ1n) is 4.53. The Morgan fingerprint density at radius 3 is 2.86 bits per heavy atom. The first-order valence-corrected chi connectivity index (χ1v) is 4.53. The molecule has 74 valence electrons. The second-order valence-electron chi connectivity index (χ2n) is 3.09. The van der Waals surface area contributed by atoms with Gasteiger partial charge in [-0.05, 0) is 13.1 Å². The number of furan rings is 1. The maximum Gasteiger partial charge on any atom is 0.137 e. The summed E-state index contributed by atoms with van der Waals surface area (Å²) in [6.45, 7) is 0. The third-order valence-electron chi connectivity index (χ3n) is 2.29. The molecule has 0 spiro atoms. The average Bonchev–Trinajstić information content (AvgIpc) is 2.65. The van der Waals surface area contributed by atoms with Gasteiger partial charge < -0.3 is 9.15 Å². The van der Waals surface area contributed by atoms with Gasteiger partial charge in [-0.25, -0.2) is 0 Å². The van der Waals surface area contributed by atoms with Crippen molar-refractivity contribution in [3.63, 3.8) is 0 Å². The third-order valence-corrected chi connectivity index (χ3v) is 2.29. The monoisotopic (exact) mass is 191 g/mol. The minimum atomic E-state index is -0.112. The van der Waals surface area contributed by atoms with Gasteiger partial charge in [0.2, 0.25) is 0 Å². The van der Waals surface area contributed by atoms with Crippen LogP contribution in [0.2, 0.25) is 0 Å². The summed E-state index contributed by atoms with van der Waals surface area (Å²) in [6, 6.07) is 7.92. The molecule has 1 aromatic heterocycles. The molecule has 0 saturated carbocycles. The molecule has 1 atom stereocenters. The summed E-state index contributed by atoms with van der Waals surface area (Å²) in [7, 11) is 3.53. The van der Waals surface area contributed by atoms with E-state index in [0.717, 1.165) is 16.5 Å². The van der Waals surface area contributed by atoms with Crippen molar-refractivity contribution < 1.29 is 9.15 Å². The second-order valence-corrected chi connectivity index (χ2v) is 3.09. The van der Waals surface area contributed by atoms with Gasteiger partial charge in [-0.2, -0.15) is 0 Å². The van der Waals surface area contributed by atoms with E-state index < -0.39 is 0 Å². The summed E-state index contributed by atoms with van der Waals surface area (Å²) in [5, 5.41) is 4.16. The van der Waals surface area contributed by atoms with Crippen molar-refractivity contribution in [3.05, 3.63) is 36.1 Å². The molecule has 3 heteroatoms. The highest BCUT2D eigenvalue weighted by atomic mass is 16.5. The molecule has 0 aliphatic rings. The van der Waals surface area contributed by atoms with Gasteiger partial charge in [0.15, 0.2) is 0 Å². The van der Waals surface area contributed by atoms with Crippen LogP contribution in [-0.2, 0) is 4.74 Å². The van der Waals surface area contributed by atoms with Gasteiger partial charge in [0.05, 0.1) is 6.26 Å². The van der Waals surface area contributed by atoms with E-state index >= 15 is 0 Å². The molecule has 1 N–H and O–H groups in total. The first-order chi connectivity index (χ1) is 6.86. The quantitative estimate of drug-likeness (QED) is 0.756. The Morgan fingerprint density at radius 1 is 1.36 bits per heavy atom. The van der Waals surface area contributed by atoms with E-state index in [9.17, 15) is 0 Å². The molecule has 0 amide bonds. The number of hydrogen-bond acceptors (Lipinski definition) is 3. The fourth-order valence-electron chi connectivity index (χ4n) is 1.60. The normalized spacial score (nSPS) is 13.3. The summed E-state index contributed by atoms with van der Waals surface area (Å²) in [6.07, 6.45) is 1.62. The Balaban J connectivity index is 2.51. The summed E-state index contributed by atoms with van der Waals surface area (Å²) >= 11 is 0. The lowest BCUT2D eigenvalue weighted by Crippen LogP contribution is -2.17. The van der Waals surface area contributed by atoms with Crippen LogP contribution in [-0.4, -0.2) is 14.2 Å². The Hall–Kier alpha value is -1.32. The molecule has 2 rings (SSSR count). The smallest absolute Gasteiger partial charge is 0.137 e. The molecule has 1 heterocycles. The molecule has 0 fully saturated rings. The predicted octanol–water partition coefficient (Wildman–Crippen LogP) is 2.30. The molecule has 1 unspecified atom stereocenters. The van der Waals surface area contributed by atoms with Crippen LogP contribution in [0.4, 0.5) is 0 Å². The molecule has 0 bridgehead atoms. The van der Waals surface area contributed by atoms with Crippen LogP contribution in [0.1, 0.15) is 11.8 Å². The first kappa shape index (κ1) is 9.24. The second kappa shape index (κ2) is 3.82. The molecule has 0 radical (unpaired) electrons. The van der Waals surface area contributed by atoms with Crippen LogP contribution in [0.5, 0.6) is 0 Å². The standard InChI is InChI=1S/C11H13NO2/c1-12-11(13-2)9-7-14-10-6-4-3-5-8(9)10/h3-7,11-12H,1-2H3. The van der Waals surface area contributed by atoms with Crippen molar-refractivity contribution >= 4 is 11.0 Å². The lowest BCUT2D eigenvalue weighted by Gasteiger charge is -2.12. The molecular weight excluding hydrogens is 178 g/mol. The van der Waals surface area contributed by atoms with Crippen molar-refractivity contribution in [2.24, 2.45) is 0 Å². The minimum Gasteiger partial charge on any atom is -0.464 e. The highest BCUT2D eigenvalue weighted by Crippen LogP contribution is 2.26. The van der Waals surface area contributed by atoms with E-state index in [1.807, 2.05) is 31.3 Å². The maximum absolute atomic E-state index is 5.41. The van der Waals surface area contributed by atoms with Gasteiger partial charge in [0.25, 0.3) is 0 Å². The van der Waals surface area contributed by atoms with Crippen LogP contribution >= 0.6 is 0 Å². The fraction of sp³-hybridized carbons (Fsp3) is 0.273. The van der Waals surface area contributed by atoms with E-state index in [2.05, 4.69) is 5.32 Å². The largest absolute Gasteiger partial charge is 0.464 e. The van der Waals surface area contributed by atoms with Gasteiger partial charge >= 0.3 is 0 Å². The van der Waals surface area contributed by atoms with E-state index in [-0.39, 0.29) is 6.23 Å². The number of para-hydroxylation sites is 1. The highest BCUT2D eigenvalue weighted by molar-refractivity contribution is 5.81. The van der Waals surface area contributed by atoms with Crippen LogP contribution < -0.4 is 5.32 Å². The molecule has 2 aromatic rings. The molecule has 14 heavy (non-hydrogen) atoms.